The molecule has 0 unspecified atom stereocenters. The summed E-state index contributed by atoms with van der Waals surface area (Å²) >= 11 is 1.32. The average Bonchev–Trinajstić information content (AvgIpc) is 2.51. The third kappa shape index (κ3) is 5.88. The number of ether oxygens (including phenoxy) is 1. The second-order valence-electron chi connectivity index (χ2n) is 4.93. The van der Waals surface area contributed by atoms with Crippen LogP contribution in [0.3, 0.4) is 0 Å². The normalized spacial score (nSPS) is 10.4. The molecule has 3 N–H and O–H groups in total. The second kappa shape index (κ2) is 8.50. The van der Waals surface area contributed by atoms with Gasteiger partial charge in [0.25, 0.3) is 0 Å². The first-order chi connectivity index (χ1) is 11.1. The lowest BCUT2D eigenvalue weighted by Gasteiger charge is -2.07. The van der Waals surface area contributed by atoms with Gasteiger partial charge in [-0.1, -0.05) is 11.8 Å². The number of nitrogens with two attached hydrogens (primary N) is 1. The van der Waals surface area contributed by atoms with Crippen LogP contribution in [0.4, 0.5) is 5.69 Å². The molecular weight excluding hydrogens is 312 g/mol. The van der Waals surface area contributed by atoms with Crippen molar-refractivity contribution in [2.24, 2.45) is 5.73 Å². The van der Waals surface area contributed by atoms with Crippen LogP contribution in [0.15, 0.2) is 35.5 Å². The molecule has 1 aromatic heterocycles. The van der Waals surface area contributed by atoms with Crippen molar-refractivity contribution in [2.75, 3.05) is 24.2 Å². The molecule has 1 heterocycles. The molecule has 7 heteroatoms. The van der Waals surface area contributed by atoms with Crippen LogP contribution in [0.25, 0.3) is 0 Å². The number of aromatic nitrogens is 2. The molecule has 23 heavy (non-hydrogen) atoms. The molecule has 1 amide bonds. The van der Waals surface area contributed by atoms with Crippen LogP contribution in [-0.2, 0) is 4.79 Å². The maximum atomic E-state index is 12.0. The van der Waals surface area contributed by atoms with Crippen molar-refractivity contribution in [1.82, 2.24) is 9.97 Å². The van der Waals surface area contributed by atoms with Crippen LogP contribution >= 0.6 is 11.8 Å². The Bertz CT molecular complexity index is 641. The lowest BCUT2D eigenvalue weighted by Crippen LogP contribution is -2.14. The molecule has 0 fully saturated rings. The number of nitrogens with one attached hydrogen (secondary N) is 1. The van der Waals surface area contributed by atoms with E-state index in [9.17, 15) is 4.79 Å². The number of rotatable bonds is 7. The molecule has 0 spiro atoms. The summed E-state index contributed by atoms with van der Waals surface area (Å²) in [7, 11) is 0. The van der Waals surface area contributed by atoms with Gasteiger partial charge in [0, 0.05) is 23.6 Å². The van der Waals surface area contributed by atoms with Gasteiger partial charge < -0.3 is 15.8 Å². The zero-order valence-electron chi connectivity index (χ0n) is 13.2. The number of carbonyl (C=O) groups excluding carboxylic acids is 1. The summed E-state index contributed by atoms with van der Waals surface area (Å²) in [6.45, 7) is 4.76. The number of benzene rings is 1. The quantitative estimate of drug-likeness (QED) is 0.596. The van der Waals surface area contributed by atoms with E-state index >= 15 is 0 Å². The minimum absolute atomic E-state index is 0.103. The van der Waals surface area contributed by atoms with Gasteiger partial charge in [0.05, 0.1) is 5.75 Å². The van der Waals surface area contributed by atoms with E-state index in [1.165, 1.54) is 11.8 Å². The van der Waals surface area contributed by atoms with Crippen LogP contribution in [0.5, 0.6) is 5.75 Å². The number of hydrogen-bond acceptors (Lipinski definition) is 6. The van der Waals surface area contributed by atoms with Gasteiger partial charge in [0.2, 0.25) is 5.91 Å². The Balaban J connectivity index is 1.84. The van der Waals surface area contributed by atoms with Crippen molar-refractivity contribution in [1.29, 1.82) is 0 Å². The third-order valence-corrected chi connectivity index (χ3v) is 3.67. The number of hydrogen-bond donors (Lipinski definition) is 2. The molecule has 0 atom stereocenters. The summed E-state index contributed by atoms with van der Waals surface area (Å²) in [4.78, 5) is 20.6. The Morgan fingerprint density at radius 1 is 1.22 bits per heavy atom. The first kappa shape index (κ1) is 17.2. The maximum Gasteiger partial charge on any atom is 0.234 e. The Hall–Kier alpha value is -2.12. The lowest BCUT2D eigenvalue weighted by atomic mass is 10.3. The zero-order valence-corrected chi connectivity index (χ0v) is 14.0. The summed E-state index contributed by atoms with van der Waals surface area (Å²) in [5.74, 6) is 0.883. The Kier molecular flexibility index (Phi) is 6.37. The smallest absolute Gasteiger partial charge is 0.234 e. The molecule has 0 aliphatic rings. The van der Waals surface area contributed by atoms with E-state index in [0.717, 1.165) is 22.8 Å². The first-order valence-electron chi connectivity index (χ1n) is 7.24. The van der Waals surface area contributed by atoms with E-state index in [4.69, 9.17) is 10.5 Å². The fraction of sp³-hybridized carbons (Fsp3) is 0.312. The number of amides is 1. The Morgan fingerprint density at radius 3 is 2.48 bits per heavy atom. The number of aryl methyl sites for hydroxylation is 2. The Morgan fingerprint density at radius 2 is 1.87 bits per heavy atom. The van der Waals surface area contributed by atoms with Gasteiger partial charge in [-0.05, 0) is 44.2 Å². The van der Waals surface area contributed by atoms with E-state index in [2.05, 4.69) is 15.3 Å². The topological polar surface area (TPSA) is 90.1 Å². The fourth-order valence-corrected chi connectivity index (χ4v) is 2.65. The van der Waals surface area contributed by atoms with Crippen LogP contribution in [-0.4, -0.2) is 34.8 Å². The predicted octanol–water partition coefficient (Wildman–Crippen LogP) is 2.16. The molecule has 0 aliphatic carbocycles. The van der Waals surface area contributed by atoms with Crippen LogP contribution < -0.4 is 15.8 Å². The SMILES string of the molecule is Cc1cc(C)nc(SCC(=O)Nc2ccc(OCCN)cc2)n1. The van der Waals surface area contributed by atoms with E-state index in [-0.39, 0.29) is 11.7 Å². The lowest BCUT2D eigenvalue weighted by molar-refractivity contribution is -0.113. The van der Waals surface area contributed by atoms with Crippen LogP contribution in [0.2, 0.25) is 0 Å². The highest BCUT2D eigenvalue weighted by Gasteiger charge is 2.07. The second-order valence-corrected chi connectivity index (χ2v) is 5.87. The van der Waals surface area contributed by atoms with Crippen molar-refractivity contribution in [3.63, 3.8) is 0 Å². The van der Waals surface area contributed by atoms with Gasteiger partial charge in [-0.15, -0.1) is 0 Å². The van der Waals surface area contributed by atoms with Crippen LogP contribution in [0.1, 0.15) is 11.4 Å². The molecule has 0 radical (unpaired) electrons. The van der Waals surface area contributed by atoms with Gasteiger partial charge in [-0.25, -0.2) is 9.97 Å². The standard InChI is InChI=1S/C16H20N4O2S/c1-11-9-12(2)19-16(18-11)23-10-15(21)20-13-3-5-14(6-4-13)22-8-7-17/h3-6,9H,7-8,10,17H2,1-2H3,(H,20,21). The van der Waals surface area contributed by atoms with E-state index in [1.807, 2.05) is 19.9 Å². The highest BCUT2D eigenvalue weighted by Crippen LogP contribution is 2.17. The average molecular weight is 332 g/mol. The summed E-state index contributed by atoms with van der Waals surface area (Å²) in [6.07, 6.45) is 0. The molecule has 0 aliphatic heterocycles. The summed E-state index contributed by atoms with van der Waals surface area (Å²) in [6, 6.07) is 9.08. The molecular formula is C16H20N4O2S. The zero-order chi connectivity index (χ0) is 16.7. The highest BCUT2D eigenvalue weighted by molar-refractivity contribution is 7.99. The Labute approximate surface area is 139 Å². The van der Waals surface area contributed by atoms with Crippen molar-refractivity contribution in [3.05, 3.63) is 41.7 Å². The van der Waals surface area contributed by atoms with E-state index in [1.54, 1.807) is 24.3 Å². The van der Waals surface area contributed by atoms with Gasteiger partial charge in [-0.2, -0.15) is 0 Å². The minimum Gasteiger partial charge on any atom is -0.492 e. The monoisotopic (exact) mass is 332 g/mol. The van der Waals surface area contributed by atoms with Gasteiger partial charge in [-0.3, -0.25) is 4.79 Å². The third-order valence-electron chi connectivity index (χ3n) is 2.82. The molecule has 0 bridgehead atoms. The molecule has 2 aromatic rings. The molecule has 1 aromatic carbocycles. The maximum absolute atomic E-state index is 12.0. The predicted molar refractivity (Wildman–Crippen MR) is 91.9 cm³/mol. The van der Waals surface area contributed by atoms with Crippen molar-refractivity contribution < 1.29 is 9.53 Å². The molecule has 2 rings (SSSR count). The van der Waals surface area contributed by atoms with E-state index < -0.39 is 0 Å². The number of carbonyl (C=O) groups is 1. The molecule has 122 valence electrons. The summed E-state index contributed by atoms with van der Waals surface area (Å²) < 4.78 is 5.38. The van der Waals surface area contributed by atoms with Crippen molar-refractivity contribution in [2.45, 2.75) is 19.0 Å². The molecule has 0 saturated heterocycles. The number of thioether (sulfide) groups is 1. The number of anilines is 1. The molecule has 0 saturated carbocycles. The van der Waals surface area contributed by atoms with Gasteiger partial charge in [0.15, 0.2) is 5.16 Å². The summed E-state index contributed by atoms with van der Waals surface area (Å²) in [5.41, 5.74) is 7.89. The van der Waals surface area contributed by atoms with Crippen molar-refractivity contribution >= 4 is 23.4 Å². The minimum atomic E-state index is -0.103. The van der Waals surface area contributed by atoms with Crippen LogP contribution in [0, 0.1) is 13.8 Å². The van der Waals surface area contributed by atoms with E-state index in [0.29, 0.717) is 18.3 Å². The van der Waals surface area contributed by atoms with Gasteiger partial charge >= 0.3 is 0 Å². The fourth-order valence-electron chi connectivity index (χ4n) is 1.90. The van der Waals surface area contributed by atoms with Crippen molar-refractivity contribution in [3.8, 4) is 5.75 Å². The summed E-state index contributed by atoms with van der Waals surface area (Å²) in [5, 5.41) is 3.44. The molecule has 6 nitrogen and oxygen atoms in total. The highest BCUT2D eigenvalue weighted by atomic mass is 32.2. The first-order valence-corrected chi connectivity index (χ1v) is 8.23. The number of nitrogens with zero attached hydrogens (tertiary/aromatic N) is 2. The largest absolute Gasteiger partial charge is 0.492 e. The van der Waals surface area contributed by atoms with Gasteiger partial charge in [0.1, 0.15) is 12.4 Å².